The molecular formula is C16H23NO2. The molecule has 2 aliphatic rings. The van der Waals surface area contributed by atoms with Crippen molar-refractivity contribution >= 4 is 0 Å². The van der Waals surface area contributed by atoms with Gasteiger partial charge in [-0.3, -0.25) is 0 Å². The van der Waals surface area contributed by atoms with E-state index in [-0.39, 0.29) is 12.1 Å². The van der Waals surface area contributed by atoms with Crippen LogP contribution in [0.1, 0.15) is 36.9 Å². The first kappa shape index (κ1) is 13.1. The number of rotatable bonds is 3. The fraction of sp³-hybridized carbons (Fsp3) is 0.625. The molecule has 1 aliphatic carbocycles. The van der Waals surface area contributed by atoms with Crippen LogP contribution in [0, 0.1) is 5.92 Å². The third-order valence-corrected chi connectivity index (χ3v) is 4.62. The number of fused-ring (bicyclic) bond motifs is 1. The Bertz CT molecular complexity index is 429. The van der Waals surface area contributed by atoms with Crippen LogP contribution in [0.15, 0.2) is 24.3 Å². The van der Waals surface area contributed by atoms with Gasteiger partial charge in [0.2, 0.25) is 0 Å². The Balaban J connectivity index is 1.69. The van der Waals surface area contributed by atoms with Crippen LogP contribution in [0.2, 0.25) is 0 Å². The van der Waals surface area contributed by atoms with Crippen LogP contribution in [0.25, 0.3) is 0 Å². The van der Waals surface area contributed by atoms with Crippen molar-refractivity contribution < 1.29 is 9.84 Å². The fourth-order valence-corrected chi connectivity index (χ4v) is 3.41. The van der Waals surface area contributed by atoms with Crippen LogP contribution in [-0.4, -0.2) is 30.5 Å². The van der Waals surface area contributed by atoms with E-state index in [4.69, 9.17) is 4.74 Å². The number of hydrogen-bond donors (Lipinski definition) is 2. The molecule has 1 heterocycles. The maximum atomic E-state index is 10.3. The zero-order valence-electron chi connectivity index (χ0n) is 11.5. The highest BCUT2D eigenvalue weighted by molar-refractivity contribution is 5.36. The smallest absolute Gasteiger partial charge is 0.0775 e. The number of benzene rings is 1. The molecule has 1 aromatic rings. The zero-order chi connectivity index (χ0) is 13.2. The standard InChI is InChI=1S/C16H23NO2/c1-11(12-6-8-19-9-7-12)17-16-14-5-3-2-4-13(14)10-15(16)18/h2-5,11-12,15-18H,6-10H2,1H3/t11?,15-,16+/m1/s1. The molecule has 0 aromatic heterocycles. The summed E-state index contributed by atoms with van der Waals surface area (Å²) in [5, 5.41) is 13.9. The van der Waals surface area contributed by atoms with E-state index in [1.807, 2.05) is 0 Å². The van der Waals surface area contributed by atoms with E-state index in [1.54, 1.807) is 0 Å². The maximum absolute atomic E-state index is 10.3. The van der Waals surface area contributed by atoms with Gasteiger partial charge < -0.3 is 15.2 Å². The third kappa shape index (κ3) is 2.69. The van der Waals surface area contributed by atoms with Crippen molar-refractivity contribution in [3.8, 4) is 0 Å². The van der Waals surface area contributed by atoms with Crippen LogP contribution in [0.3, 0.4) is 0 Å². The topological polar surface area (TPSA) is 41.5 Å². The Kier molecular flexibility index (Phi) is 3.87. The number of aliphatic hydroxyl groups is 1. The van der Waals surface area contributed by atoms with Gasteiger partial charge in [-0.2, -0.15) is 0 Å². The molecule has 1 unspecified atom stereocenters. The molecule has 1 aromatic carbocycles. The normalized spacial score (nSPS) is 29.2. The maximum Gasteiger partial charge on any atom is 0.0775 e. The van der Waals surface area contributed by atoms with E-state index in [9.17, 15) is 5.11 Å². The van der Waals surface area contributed by atoms with E-state index in [1.165, 1.54) is 11.1 Å². The van der Waals surface area contributed by atoms with Crippen molar-refractivity contribution in [2.45, 2.75) is 44.4 Å². The summed E-state index contributed by atoms with van der Waals surface area (Å²) in [5.41, 5.74) is 2.56. The minimum absolute atomic E-state index is 0.0917. The lowest BCUT2D eigenvalue weighted by atomic mass is 9.92. The molecular weight excluding hydrogens is 238 g/mol. The lowest BCUT2D eigenvalue weighted by Crippen LogP contribution is -2.41. The van der Waals surface area contributed by atoms with Gasteiger partial charge in [0.15, 0.2) is 0 Å². The van der Waals surface area contributed by atoms with E-state index in [2.05, 4.69) is 36.5 Å². The molecule has 3 heteroatoms. The second kappa shape index (κ2) is 5.61. The molecule has 3 atom stereocenters. The Morgan fingerprint density at radius 3 is 2.79 bits per heavy atom. The molecule has 1 saturated heterocycles. The number of ether oxygens (including phenoxy) is 1. The summed E-state index contributed by atoms with van der Waals surface area (Å²) in [4.78, 5) is 0. The average Bonchev–Trinajstić information content (AvgIpc) is 2.76. The van der Waals surface area contributed by atoms with Gasteiger partial charge in [0.1, 0.15) is 0 Å². The van der Waals surface area contributed by atoms with Crippen molar-refractivity contribution in [1.82, 2.24) is 5.32 Å². The molecule has 19 heavy (non-hydrogen) atoms. The van der Waals surface area contributed by atoms with Crippen LogP contribution in [0.5, 0.6) is 0 Å². The van der Waals surface area contributed by atoms with Crippen molar-refractivity contribution in [2.24, 2.45) is 5.92 Å². The highest BCUT2D eigenvalue weighted by atomic mass is 16.5. The van der Waals surface area contributed by atoms with E-state index in [0.717, 1.165) is 32.5 Å². The molecule has 1 aliphatic heterocycles. The highest BCUT2D eigenvalue weighted by Gasteiger charge is 2.33. The van der Waals surface area contributed by atoms with Crippen LogP contribution >= 0.6 is 0 Å². The molecule has 0 amide bonds. The molecule has 104 valence electrons. The SMILES string of the molecule is CC(N[C@H]1c2ccccc2C[C@H]1O)C1CCOCC1. The van der Waals surface area contributed by atoms with Gasteiger partial charge in [-0.1, -0.05) is 24.3 Å². The number of nitrogens with one attached hydrogen (secondary N) is 1. The quantitative estimate of drug-likeness (QED) is 0.875. The summed E-state index contributed by atoms with van der Waals surface area (Å²) in [6.07, 6.45) is 2.73. The van der Waals surface area contributed by atoms with Gasteiger partial charge >= 0.3 is 0 Å². The summed E-state index contributed by atoms with van der Waals surface area (Å²) >= 11 is 0. The Hall–Kier alpha value is -0.900. The summed E-state index contributed by atoms with van der Waals surface area (Å²) in [7, 11) is 0. The molecule has 1 fully saturated rings. The Labute approximate surface area is 115 Å². The van der Waals surface area contributed by atoms with Gasteiger partial charge in [0.05, 0.1) is 12.1 Å². The minimum Gasteiger partial charge on any atom is -0.391 e. The van der Waals surface area contributed by atoms with Gasteiger partial charge in [-0.25, -0.2) is 0 Å². The van der Waals surface area contributed by atoms with Crippen LogP contribution in [0.4, 0.5) is 0 Å². The predicted octanol–water partition coefficient (Wildman–Crippen LogP) is 2.05. The first-order chi connectivity index (χ1) is 9.25. The lowest BCUT2D eigenvalue weighted by molar-refractivity contribution is 0.0494. The average molecular weight is 261 g/mol. The lowest BCUT2D eigenvalue weighted by Gasteiger charge is -2.31. The minimum atomic E-state index is -0.292. The molecule has 3 nitrogen and oxygen atoms in total. The Morgan fingerprint density at radius 2 is 2.00 bits per heavy atom. The Morgan fingerprint density at radius 1 is 1.26 bits per heavy atom. The number of aliphatic hydroxyl groups excluding tert-OH is 1. The predicted molar refractivity (Wildman–Crippen MR) is 75.0 cm³/mol. The van der Waals surface area contributed by atoms with Gasteiger partial charge in [-0.05, 0) is 36.8 Å². The highest BCUT2D eigenvalue weighted by Crippen LogP contribution is 2.32. The third-order valence-electron chi connectivity index (χ3n) is 4.62. The van der Waals surface area contributed by atoms with Gasteiger partial charge in [-0.15, -0.1) is 0 Å². The van der Waals surface area contributed by atoms with Crippen molar-refractivity contribution in [2.75, 3.05) is 13.2 Å². The second-order valence-corrected chi connectivity index (χ2v) is 5.85. The van der Waals surface area contributed by atoms with Crippen molar-refractivity contribution in [3.63, 3.8) is 0 Å². The van der Waals surface area contributed by atoms with E-state index in [0.29, 0.717) is 12.0 Å². The van der Waals surface area contributed by atoms with Crippen LogP contribution in [-0.2, 0) is 11.2 Å². The molecule has 0 saturated carbocycles. The summed E-state index contributed by atoms with van der Waals surface area (Å²) < 4.78 is 5.42. The largest absolute Gasteiger partial charge is 0.391 e. The molecule has 0 bridgehead atoms. The number of hydrogen-bond acceptors (Lipinski definition) is 3. The fourth-order valence-electron chi connectivity index (χ4n) is 3.41. The van der Waals surface area contributed by atoms with E-state index >= 15 is 0 Å². The monoisotopic (exact) mass is 261 g/mol. The summed E-state index contributed by atoms with van der Waals surface area (Å²) in [5.74, 6) is 0.661. The zero-order valence-corrected chi connectivity index (χ0v) is 11.5. The second-order valence-electron chi connectivity index (χ2n) is 5.85. The first-order valence-electron chi connectivity index (χ1n) is 7.35. The molecule has 0 spiro atoms. The van der Waals surface area contributed by atoms with Gasteiger partial charge in [0, 0.05) is 25.7 Å². The van der Waals surface area contributed by atoms with Crippen molar-refractivity contribution in [3.05, 3.63) is 35.4 Å². The molecule has 2 N–H and O–H groups in total. The van der Waals surface area contributed by atoms with Crippen molar-refractivity contribution in [1.29, 1.82) is 0 Å². The molecule has 0 radical (unpaired) electrons. The summed E-state index contributed by atoms with van der Waals surface area (Å²) in [6.45, 7) is 3.99. The first-order valence-corrected chi connectivity index (χ1v) is 7.35. The molecule has 3 rings (SSSR count). The van der Waals surface area contributed by atoms with Crippen LogP contribution < -0.4 is 5.32 Å². The van der Waals surface area contributed by atoms with E-state index < -0.39 is 0 Å². The summed E-state index contributed by atoms with van der Waals surface area (Å²) in [6, 6.07) is 8.89. The van der Waals surface area contributed by atoms with Gasteiger partial charge in [0.25, 0.3) is 0 Å².